The average Bonchev–Trinajstić information content (AvgIpc) is 2.54. The van der Waals surface area contributed by atoms with E-state index in [1.54, 1.807) is 0 Å². The van der Waals surface area contributed by atoms with Gasteiger partial charge >= 0.3 is 0 Å². The quantitative estimate of drug-likeness (QED) is 0.510. The van der Waals surface area contributed by atoms with Crippen molar-refractivity contribution in [2.75, 3.05) is 0 Å². The molecule has 1 aromatic carbocycles. The fourth-order valence-corrected chi connectivity index (χ4v) is 1.31. The molecule has 0 aliphatic rings. The van der Waals surface area contributed by atoms with Crippen molar-refractivity contribution in [1.29, 1.82) is 0 Å². The minimum Gasteiger partial charge on any atom is -0.0984 e. The van der Waals surface area contributed by atoms with Crippen molar-refractivity contribution in [2.24, 2.45) is 0 Å². The highest BCUT2D eigenvalue weighted by Crippen LogP contribution is 2.16. The number of hydrogen-bond donors (Lipinski definition) is 0. The summed E-state index contributed by atoms with van der Waals surface area (Å²) in [5, 5.41) is 0. The van der Waals surface area contributed by atoms with E-state index in [0.29, 0.717) is 0 Å². The molecule has 0 bridgehead atoms. The van der Waals surface area contributed by atoms with Crippen LogP contribution in [0.4, 0.5) is 0 Å². The summed E-state index contributed by atoms with van der Waals surface area (Å²) in [4.78, 5) is 0. The second-order valence-electron chi connectivity index (χ2n) is 3.22. The van der Waals surface area contributed by atoms with Crippen LogP contribution >= 0.6 is 0 Å². The van der Waals surface area contributed by atoms with E-state index in [-0.39, 0.29) is 0 Å². The van der Waals surface area contributed by atoms with Crippen molar-refractivity contribution in [3.8, 4) is 0 Å². The van der Waals surface area contributed by atoms with Gasteiger partial charge in [0.25, 0.3) is 0 Å². The summed E-state index contributed by atoms with van der Waals surface area (Å²) in [5.74, 6) is 0. The van der Waals surface area contributed by atoms with Gasteiger partial charge in [-0.05, 0) is 25.0 Å². The Hall–Kier alpha value is -1.56. The maximum absolute atomic E-state index is 3.82. The fraction of sp³-hybridized carbons (Fsp3) is 0.400. The highest BCUT2D eigenvalue weighted by molar-refractivity contribution is 5.74. The maximum atomic E-state index is 3.82. The number of allylic oxidation sites excluding steroid dienone is 5. The zero-order chi connectivity index (χ0) is 16.4. The van der Waals surface area contributed by atoms with Crippen LogP contribution in [0.15, 0.2) is 55.1 Å². The largest absolute Gasteiger partial charge is 0.0984 e. The van der Waals surface area contributed by atoms with E-state index in [9.17, 15) is 0 Å². The molecule has 20 heavy (non-hydrogen) atoms. The Morgan fingerprint density at radius 1 is 1.00 bits per heavy atom. The molecule has 0 nitrogen and oxygen atoms in total. The van der Waals surface area contributed by atoms with E-state index in [2.05, 4.69) is 43.8 Å². The molecular weight excluding hydrogens is 240 g/mol. The minimum absolute atomic E-state index is 1.16. The summed E-state index contributed by atoms with van der Waals surface area (Å²) in [6, 6.07) is 8.43. The van der Waals surface area contributed by atoms with Crippen LogP contribution in [-0.4, -0.2) is 0 Å². The van der Waals surface area contributed by atoms with Crippen molar-refractivity contribution in [3.63, 3.8) is 0 Å². The molecule has 114 valence electrons. The van der Waals surface area contributed by atoms with Gasteiger partial charge in [-0.1, -0.05) is 102 Å². The fourth-order valence-electron chi connectivity index (χ4n) is 1.31. The summed E-state index contributed by atoms with van der Waals surface area (Å²) in [5.41, 5.74) is 3.65. The standard InChI is InChI=1S/C14H16.3C2H6/c1-4-6-9-13(5-2)14-10-7-8-12(3)11-14;3*1-2/h4-11H,2H2,1,3H3;3*1-2H3/b6-4-,13-9+;;;. The Labute approximate surface area is 127 Å². The van der Waals surface area contributed by atoms with E-state index in [4.69, 9.17) is 0 Å². The Morgan fingerprint density at radius 2 is 1.55 bits per heavy atom. The predicted molar refractivity (Wildman–Crippen MR) is 98.2 cm³/mol. The van der Waals surface area contributed by atoms with E-state index in [1.165, 1.54) is 11.1 Å². The van der Waals surface area contributed by atoms with Crippen LogP contribution in [-0.2, 0) is 0 Å². The lowest BCUT2D eigenvalue weighted by Crippen LogP contribution is -1.81. The molecule has 0 heterocycles. The molecule has 0 aromatic heterocycles. The molecular formula is C20H34. The van der Waals surface area contributed by atoms with Crippen molar-refractivity contribution < 1.29 is 0 Å². The van der Waals surface area contributed by atoms with E-state index in [0.717, 1.165) is 5.57 Å². The Morgan fingerprint density at radius 3 is 1.95 bits per heavy atom. The summed E-state index contributed by atoms with van der Waals surface area (Å²) in [6.45, 7) is 19.9. The molecule has 0 saturated heterocycles. The number of aryl methyl sites for hydroxylation is 1. The van der Waals surface area contributed by atoms with E-state index >= 15 is 0 Å². The monoisotopic (exact) mass is 274 g/mol. The predicted octanol–water partition coefficient (Wildman–Crippen LogP) is 7.22. The highest BCUT2D eigenvalue weighted by atomic mass is 14.0. The molecule has 0 saturated carbocycles. The Kier molecular flexibility index (Phi) is 23.3. The van der Waals surface area contributed by atoms with Crippen LogP contribution in [0.5, 0.6) is 0 Å². The van der Waals surface area contributed by atoms with Crippen molar-refractivity contribution in [2.45, 2.75) is 55.4 Å². The van der Waals surface area contributed by atoms with Crippen LogP contribution in [0.2, 0.25) is 0 Å². The first-order chi connectivity index (χ1) is 9.77. The lowest BCUT2D eigenvalue weighted by atomic mass is 10.0. The summed E-state index contributed by atoms with van der Waals surface area (Å²) in [6.07, 6.45) is 8.00. The van der Waals surface area contributed by atoms with Gasteiger partial charge in [-0.2, -0.15) is 0 Å². The van der Waals surface area contributed by atoms with Crippen LogP contribution in [0, 0.1) is 6.92 Å². The SMILES string of the molecule is C=C/C(=C\C=C/C)c1cccc(C)c1.CC.CC.CC. The van der Waals surface area contributed by atoms with E-state index in [1.807, 2.05) is 66.7 Å². The van der Waals surface area contributed by atoms with Gasteiger partial charge in [0.15, 0.2) is 0 Å². The average molecular weight is 274 g/mol. The molecule has 0 fully saturated rings. The highest BCUT2D eigenvalue weighted by Gasteiger charge is 1.95. The van der Waals surface area contributed by atoms with Gasteiger partial charge < -0.3 is 0 Å². The zero-order valence-corrected chi connectivity index (χ0v) is 14.8. The van der Waals surface area contributed by atoms with Crippen LogP contribution in [0.3, 0.4) is 0 Å². The third-order valence-corrected chi connectivity index (χ3v) is 2.04. The molecule has 0 radical (unpaired) electrons. The van der Waals surface area contributed by atoms with Crippen molar-refractivity contribution in [3.05, 3.63) is 66.3 Å². The molecule has 1 rings (SSSR count). The van der Waals surface area contributed by atoms with E-state index < -0.39 is 0 Å². The van der Waals surface area contributed by atoms with Crippen molar-refractivity contribution >= 4 is 5.57 Å². The molecule has 0 unspecified atom stereocenters. The van der Waals surface area contributed by atoms with Gasteiger partial charge in [0, 0.05) is 0 Å². The lowest BCUT2D eigenvalue weighted by molar-refractivity contribution is 1.45. The van der Waals surface area contributed by atoms with Gasteiger partial charge in [-0.25, -0.2) is 0 Å². The second-order valence-corrected chi connectivity index (χ2v) is 3.22. The summed E-state index contributed by atoms with van der Waals surface area (Å²) >= 11 is 0. The van der Waals surface area contributed by atoms with Crippen molar-refractivity contribution in [1.82, 2.24) is 0 Å². The third-order valence-electron chi connectivity index (χ3n) is 2.04. The van der Waals surface area contributed by atoms with Gasteiger partial charge in [0.05, 0.1) is 0 Å². The first-order valence-corrected chi connectivity index (χ1v) is 7.80. The second kappa shape index (κ2) is 19.8. The maximum Gasteiger partial charge on any atom is -0.0182 e. The topological polar surface area (TPSA) is 0 Å². The first-order valence-electron chi connectivity index (χ1n) is 7.80. The van der Waals surface area contributed by atoms with Crippen LogP contribution in [0.1, 0.15) is 59.6 Å². The van der Waals surface area contributed by atoms with Crippen LogP contribution < -0.4 is 0 Å². The molecule has 0 atom stereocenters. The van der Waals surface area contributed by atoms with Gasteiger partial charge in [-0.15, -0.1) is 0 Å². The summed E-state index contributed by atoms with van der Waals surface area (Å²) < 4.78 is 0. The van der Waals surface area contributed by atoms with Gasteiger partial charge in [0.2, 0.25) is 0 Å². The lowest BCUT2D eigenvalue weighted by Gasteiger charge is -2.02. The Balaban J connectivity index is -0.000000425. The molecule has 0 heteroatoms. The normalized spacial score (nSPS) is 9.30. The molecule has 0 aliphatic heterocycles. The number of hydrogen-bond acceptors (Lipinski definition) is 0. The summed E-state index contributed by atoms with van der Waals surface area (Å²) in [7, 11) is 0. The molecule has 1 aromatic rings. The number of benzene rings is 1. The molecule has 0 aliphatic carbocycles. The number of rotatable bonds is 3. The molecule has 0 N–H and O–H groups in total. The van der Waals surface area contributed by atoms with Gasteiger partial charge in [-0.3, -0.25) is 0 Å². The smallest absolute Gasteiger partial charge is 0.0182 e. The third kappa shape index (κ3) is 11.5. The molecule has 0 amide bonds. The zero-order valence-electron chi connectivity index (χ0n) is 14.8. The van der Waals surface area contributed by atoms with Gasteiger partial charge in [0.1, 0.15) is 0 Å². The Bertz CT molecular complexity index is 367. The van der Waals surface area contributed by atoms with Crippen LogP contribution in [0.25, 0.3) is 5.57 Å². The first kappa shape index (κ1) is 23.5. The molecule has 0 spiro atoms. The minimum atomic E-state index is 1.16.